The van der Waals surface area contributed by atoms with Crippen molar-refractivity contribution < 1.29 is 4.79 Å². The summed E-state index contributed by atoms with van der Waals surface area (Å²) in [6.07, 6.45) is 1.69. The van der Waals surface area contributed by atoms with Gasteiger partial charge < -0.3 is 5.32 Å². The van der Waals surface area contributed by atoms with Gasteiger partial charge in [-0.2, -0.15) is 0 Å². The predicted molar refractivity (Wildman–Crippen MR) is 74.7 cm³/mol. The number of amides is 1. The van der Waals surface area contributed by atoms with Crippen molar-refractivity contribution in [2.75, 3.05) is 0 Å². The van der Waals surface area contributed by atoms with Gasteiger partial charge in [0.15, 0.2) is 0 Å². The van der Waals surface area contributed by atoms with Gasteiger partial charge in [0.05, 0.1) is 20.9 Å². The molecule has 0 atom stereocenters. The van der Waals surface area contributed by atoms with Crippen LogP contribution in [0.5, 0.6) is 0 Å². The third-order valence-corrected chi connectivity index (χ3v) is 4.48. The van der Waals surface area contributed by atoms with Gasteiger partial charge in [-0.3, -0.25) is 4.79 Å². The molecule has 0 saturated heterocycles. The van der Waals surface area contributed by atoms with E-state index in [1.165, 1.54) is 11.3 Å². The van der Waals surface area contributed by atoms with Crippen LogP contribution >= 0.6 is 27.3 Å². The number of aryl methyl sites for hydroxylation is 2. The molecule has 0 unspecified atom stereocenters. The van der Waals surface area contributed by atoms with Gasteiger partial charge in [0.1, 0.15) is 5.82 Å². The highest BCUT2D eigenvalue weighted by atomic mass is 79.9. The van der Waals surface area contributed by atoms with E-state index in [9.17, 15) is 4.79 Å². The lowest BCUT2D eigenvalue weighted by Crippen LogP contribution is -2.22. The molecule has 0 fully saturated rings. The quantitative estimate of drug-likeness (QED) is 0.944. The van der Waals surface area contributed by atoms with E-state index in [4.69, 9.17) is 0 Å². The van der Waals surface area contributed by atoms with Crippen molar-refractivity contribution in [3.05, 3.63) is 44.1 Å². The molecule has 0 aliphatic rings. The monoisotopic (exact) mass is 325 g/mol. The minimum atomic E-state index is -0.0786. The maximum absolute atomic E-state index is 11.9. The van der Waals surface area contributed by atoms with E-state index < -0.39 is 0 Å². The highest BCUT2D eigenvalue weighted by molar-refractivity contribution is 9.11. The van der Waals surface area contributed by atoms with E-state index in [1.54, 1.807) is 12.3 Å². The SMILES string of the molecule is Cc1nccc(CNC(=O)c2cc(C)c(Br)s2)n1. The number of aromatic nitrogens is 2. The molecular weight excluding hydrogens is 314 g/mol. The third kappa shape index (κ3) is 3.14. The first-order valence-corrected chi connectivity index (χ1v) is 7.00. The Morgan fingerprint density at radius 2 is 2.28 bits per heavy atom. The van der Waals surface area contributed by atoms with Gasteiger partial charge in [-0.15, -0.1) is 11.3 Å². The number of carbonyl (C=O) groups is 1. The fraction of sp³-hybridized carbons (Fsp3) is 0.250. The molecule has 2 heterocycles. The Kier molecular flexibility index (Phi) is 4.08. The number of rotatable bonds is 3. The lowest BCUT2D eigenvalue weighted by atomic mass is 10.3. The Labute approximate surface area is 118 Å². The average Bonchev–Trinajstić information content (AvgIpc) is 2.67. The molecule has 0 aliphatic heterocycles. The Hall–Kier alpha value is -1.27. The van der Waals surface area contributed by atoms with E-state index in [0.717, 1.165) is 15.0 Å². The zero-order chi connectivity index (χ0) is 13.1. The highest BCUT2D eigenvalue weighted by Gasteiger charge is 2.10. The molecular formula is C12H12BrN3OS. The molecule has 1 amide bonds. The van der Waals surface area contributed by atoms with Gasteiger partial charge in [0.25, 0.3) is 5.91 Å². The first-order valence-electron chi connectivity index (χ1n) is 5.39. The van der Waals surface area contributed by atoms with Crippen LogP contribution in [0.15, 0.2) is 22.1 Å². The summed E-state index contributed by atoms with van der Waals surface area (Å²) in [4.78, 5) is 20.8. The minimum absolute atomic E-state index is 0.0786. The van der Waals surface area contributed by atoms with E-state index in [0.29, 0.717) is 17.2 Å². The first kappa shape index (κ1) is 13.2. The van der Waals surface area contributed by atoms with Gasteiger partial charge >= 0.3 is 0 Å². The molecule has 0 spiro atoms. The number of nitrogens with one attached hydrogen (secondary N) is 1. The van der Waals surface area contributed by atoms with E-state index in [1.807, 2.05) is 19.9 Å². The fourth-order valence-corrected chi connectivity index (χ4v) is 2.88. The lowest BCUT2D eigenvalue weighted by molar-refractivity contribution is 0.0954. The smallest absolute Gasteiger partial charge is 0.261 e. The van der Waals surface area contributed by atoms with Crippen LogP contribution in [-0.4, -0.2) is 15.9 Å². The van der Waals surface area contributed by atoms with Crippen molar-refractivity contribution >= 4 is 33.2 Å². The Morgan fingerprint density at radius 3 is 2.89 bits per heavy atom. The van der Waals surface area contributed by atoms with Gasteiger partial charge in [-0.1, -0.05) is 0 Å². The van der Waals surface area contributed by atoms with Crippen LogP contribution in [0.2, 0.25) is 0 Å². The van der Waals surface area contributed by atoms with Crippen molar-refractivity contribution in [2.24, 2.45) is 0 Å². The van der Waals surface area contributed by atoms with Gasteiger partial charge in [0.2, 0.25) is 0 Å². The van der Waals surface area contributed by atoms with Crippen molar-refractivity contribution in [3.8, 4) is 0 Å². The number of halogens is 1. The van der Waals surface area contributed by atoms with Crippen molar-refractivity contribution in [1.82, 2.24) is 15.3 Å². The normalized spacial score (nSPS) is 10.4. The summed E-state index contributed by atoms with van der Waals surface area (Å²) in [5.41, 5.74) is 1.88. The molecule has 0 bridgehead atoms. The largest absolute Gasteiger partial charge is 0.346 e. The van der Waals surface area contributed by atoms with Crippen LogP contribution in [-0.2, 0) is 6.54 Å². The Balaban J connectivity index is 2.00. The zero-order valence-corrected chi connectivity index (χ0v) is 12.4. The van der Waals surface area contributed by atoms with E-state index in [2.05, 4.69) is 31.2 Å². The second kappa shape index (κ2) is 5.58. The molecule has 1 N–H and O–H groups in total. The standard InChI is InChI=1S/C12H12BrN3OS/c1-7-5-10(18-11(7)13)12(17)15-6-9-3-4-14-8(2)16-9/h3-5H,6H2,1-2H3,(H,15,17). The van der Waals surface area contributed by atoms with Crippen LogP contribution in [0, 0.1) is 13.8 Å². The molecule has 0 radical (unpaired) electrons. The average molecular weight is 326 g/mol. The second-order valence-electron chi connectivity index (χ2n) is 3.85. The van der Waals surface area contributed by atoms with Crippen LogP contribution < -0.4 is 5.32 Å². The van der Waals surface area contributed by atoms with Crippen LogP contribution in [0.1, 0.15) is 26.8 Å². The lowest BCUT2D eigenvalue weighted by Gasteiger charge is -2.03. The maximum Gasteiger partial charge on any atom is 0.261 e. The number of nitrogens with zero attached hydrogens (tertiary/aromatic N) is 2. The maximum atomic E-state index is 11.9. The van der Waals surface area contributed by atoms with E-state index >= 15 is 0 Å². The van der Waals surface area contributed by atoms with Gasteiger partial charge in [0, 0.05) is 6.20 Å². The summed E-state index contributed by atoms with van der Waals surface area (Å²) in [6, 6.07) is 3.66. The summed E-state index contributed by atoms with van der Waals surface area (Å²) >= 11 is 4.84. The van der Waals surface area contributed by atoms with Crippen LogP contribution in [0.4, 0.5) is 0 Å². The summed E-state index contributed by atoms with van der Waals surface area (Å²) in [5.74, 6) is 0.626. The highest BCUT2D eigenvalue weighted by Crippen LogP contribution is 2.27. The third-order valence-electron chi connectivity index (χ3n) is 2.34. The first-order chi connectivity index (χ1) is 8.56. The second-order valence-corrected chi connectivity index (χ2v) is 6.22. The molecule has 6 heteroatoms. The van der Waals surface area contributed by atoms with Crippen LogP contribution in [0.3, 0.4) is 0 Å². The van der Waals surface area contributed by atoms with E-state index in [-0.39, 0.29) is 5.91 Å². The minimum Gasteiger partial charge on any atom is -0.346 e. The van der Waals surface area contributed by atoms with Gasteiger partial charge in [-0.05, 0) is 47.5 Å². The molecule has 2 rings (SSSR count). The molecule has 0 aliphatic carbocycles. The Bertz CT molecular complexity index is 563. The Morgan fingerprint density at radius 1 is 1.50 bits per heavy atom. The molecule has 94 valence electrons. The van der Waals surface area contributed by atoms with Crippen molar-refractivity contribution in [2.45, 2.75) is 20.4 Å². The van der Waals surface area contributed by atoms with Crippen molar-refractivity contribution in [1.29, 1.82) is 0 Å². The summed E-state index contributed by atoms with van der Waals surface area (Å²) in [6.45, 7) is 4.20. The van der Waals surface area contributed by atoms with Crippen molar-refractivity contribution in [3.63, 3.8) is 0 Å². The van der Waals surface area contributed by atoms with Gasteiger partial charge in [-0.25, -0.2) is 9.97 Å². The summed E-state index contributed by atoms with van der Waals surface area (Å²) in [5, 5.41) is 2.84. The number of hydrogen-bond acceptors (Lipinski definition) is 4. The van der Waals surface area contributed by atoms with Crippen LogP contribution in [0.25, 0.3) is 0 Å². The molecule has 0 aromatic carbocycles. The topological polar surface area (TPSA) is 54.9 Å². The predicted octanol–water partition coefficient (Wildman–Crippen LogP) is 2.85. The molecule has 18 heavy (non-hydrogen) atoms. The summed E-state index contributed by atoms with van der Waals surface area (Å²) in [7, 11) is 0. The fourth-order valence-electron chi connectivity index (χ4n) is 1.43. The molecule has 0 saturated carbocycles. The number of hydrogen-bond donors (Lipinski definition) is 1. The molecule has 2 aromatic heterocycles. The summed E-state index contributed by atoms with van der Waals surface area (Å²) < 4.78 is 0.991. The molecule has 4 nitrogen and oxygen atoms in total. The molecule has 2 aromatic rings. The zero-order valence-electron chi connectivity index (χ0n) is 10.0. The number of carbonyl (C=O) groups excluding carboxylic acids is 1. The number of thiophene rings is 1.